The number of hydrogen-bond acceptors (Lipinski definition) is 6. The number of nitrogens with two attached hydrogens (primary N) is 1. The number of nitrogens with zero attached hydrogens (tertiary/aromatic N) is 2. The van der Waals surface area contributed by atoms with Gasteiger partial charge in [-0.2, -0.15) is 5.11 Å². The fourth-order valence-electron chi connectivity index (χ4n) is 1.91. The van der Waals surface area contributed by atoms with Gasteiger partial charge >= 0.3 is 5.69 Å². The topological polar surface area (TPSA) is 126 Å². The number of nitrogen functional groups attached to an aromatic ring is 1. The highest BCUT2D eigenvalue weighted by molar-refractivity contribution is 5.54. The van der Waals surface area contributed by atoms with Crippen LogP contribution in [0.3, 0.4) is 0 Å². The van der Waals surface area contributed by atoms with Crippen LogP contribution in [0, 0.1) is 0 Å². The first-order chi connectivity index (χ1) is 11.6. The number of ether oxygens (including phenoxy) is 1. The van der Waals surface area contributed by atoms with Gasteiger partial charge in [-0.1, -0.05) is 18.2 Å². The van der Waals surface area contributed by atoms with Crippen LogP contribution in [0.1, 0.15) is 0 Å². The van der Waals surface area contributed by atoms with Crippen molar-refractivity contribution < 1.29 is 4.74 Å². The third kappa shape index (κ3) is 3.55. The predicted octanol–water partition coefficient (Wildman–Crippen LogP) is 2.85. The van der Waals surface area contributed by atoms with Gasteiger partial charge in [0.1, 0.15) is 17.3 Å². The lowest BCUT2D eigenvalue weighted by molar-refractivity contribution is 0.483. The number of rotatable bonds is 4. The van der Waals surface area contributed by atoms with E-state index in [2.05, 4.69) is 15.2 Å². The highest BCUT2D eigenvalue weighted by atomic mass is 16.5. The number of anilines is 1. The Hall–Kier alpha value is -3.68. The molecule has 0 unspecified atom stereocenters. The molecule has 8 heteroatoms. The molecule has 0 saturated carbocycles. The summed E-state index contributed by atoms with van der Waals surface area (Å²) in [7, 11) is 0. The van der Waals surface area contributed by atoms with Gasteiger partial charge in [-0.25, -0.2) is 4.79 Å². The van der Waals surface area contributed by atoms with Crippen molar-refractivity contribution in [2.75, 3.05) is 5.73 Å². The maximum atomic E-state index is 11.6. The van der Waals surface area contributed by atoms with Crippen molar-refractivity contribution in [1.82, 2.24) is 9.97 Å². The second-order valence-electron chi connectivity index (χ2n) is 4.78. The SMILES string of the molecule is Nc1[nH]c(=O)[nH]c(=O)c1N=Nc1ccc(Oc2ccccc2)cc1. The second kappa shape index (κ2) is 6.61. The van der Waals surface area contributed by atoms with Crippen molar-refractivity contribution >= 4 is 17.2 Å². The molecule has 120 valence electrons. The zero-order valence-corrected chi connectivity index (χ0v) is 12.4. The molecular formula is C16H13N5O3. The first-order valence-electron chi connectivity index (χ1n) is 6.98. The van der Waals surface area contributed by atoms with Crippen LogP contribution in [-0.4, -0.2) is 9.97 Å². The van der Waals surface area contributed by atoms with Crippen LogP contribution >= 0.6 is 0 Å². The average molecular weight is 323 g/mol. The van der Waals surface area contributed by atoms with E-state index in [1.54, 1.807) is 24.3 Å². The van der Waals surface area contributed by atoms with E-state index < -0.39 is 11.2 Å². The lowest BCUT2D eigenvalue weighted by Gasteiger charge is -2.04. The van der Waals surface area contributed by atoms with E-state index in [-0.39, 0.29) is 11.5 Å². The van der Waals surface area contributed by atoms with Crippen LogP contribution in [0.25, 0.3) is 0 Å². The van der Waals surface area contributed by atoms with Gasteiger partial charge in [0.25, 0.3) is 5.56 Å². The summed E-state index contributed by atoms with van der Waals surface area (Å²) < 4.78 is 5.66. The molecule has 3 aromatic rings. The molecule has 2 aromatic carbocycles. The Bertz CT molecular complexity index is 975. The van der Waals surface area contributed by atoms with Crippen molar-refractivity contribution in [3.8, 4) is 11.5 Å². The third-order valence-corrected chi connectivity index (χ3v) is 3.03. The maximum absolute atomic E-state index is 11.6. The molecule has 0 fully saturated rings. The fourth-order valence-corrected chi connectivity index (χ4v) is 1.91. The van der Waals surface area contributed by atoms with Gasteiger partial charge < -0.3 is 10.5 Å². The number of nitrogens with one attached hydrogen (secondary N) is 2. The van der Waals surface area contributed by atoms with E-state index >= 15 is 0 Å². The van der Waals surface area contributed by atoms with E-state index in [0.717, 1.165) is 5.75 Å². The zero-order valence-electron chi connectivity index (χ0n) is 12.4. The number of aromatic amines is 2. The molecule has 1 aromatic heterocycles. The van der Waals surface area contributed by atoms with Crippen LogP contribution in [-0.2, 0) is 0 Å². The molecule has 0 amide bonds. The molecule has 24 heavy (non-hydrogen) atoms. The van der Waals surface area contributed by atoms with E-state index in [1.807, 2.05) is 35.3 Å². The zero-order chi connectivity index (χ0) is 16.9. The number of azo groups is 1. The fraction of sp³-hybridized carbons (Fsp3) is 0. The first-order valence-corrected chi connectivity index (χ1v) is 6.98. The molecule has 3 rings (SSSR count). The Morgan fingerprint density at radius 3 is 2.17 bits per heavy atom. The Morgan fingerprint density at radius 2 is 1.50 bits per heavy atom. The molecule has 0 saturated heterocycles. The van der Waals surface area contributed by atoms with Gasteiger partial charge in [-0.15, -0.1) is 5.11 Å². The minimum atomic E-state index is -0.705. The molecule has 0 aliphatic heterocycles. The van der Waals surface area contributed by atoms with Crippen molar-refractivity contribution in [2.45, 2.75) is 0 Å². The second-order valence-corrected chi connectivity index (χ2v) is 4.78. The van der Waals surface area contributed by atoms with Crippen LogP contribution < -0.4 is 21.7 Å². The maximum Gasteiger partial charge on any atom is 0.327 e. The molecule has 0 aliphatic rings. The van der Waals surface area contributed by atoms with E-state index in [1.165, 1.54) is 0 Å². The van der Waals surface area contributed by atoms with Crippen LogP contribution in [0.5, 0.6) is 11.5 Å². The number of benzene rings is 2. The summed E-state index contributed by atoms with van der Waals surface area (Å²) in [4.78, 5) is 26.9. The Kier molecular flexibility index (Phi) is 4.19. The minimum absolute atomic E-state index is 0.142. The van der Waals surface area contributed by atoms with Crippen molar-refractivity contribution in [1.29, 1.82) is 0 Å². The summed E-state index contributed by atoms with van der Waals surface area (Å²) in [5.74, 6) is 1.22. The largest absolute Gasteiger partial charge is 0.457 e. The Balaban J connectivity index is 1.77. The molecule has 4 N–H and O–H groups in total. The van der Waals surface area contributed by atoms with Crippen molar-refractivity contribution in [3.63, 3.8) is 0 Å². The lowest BCUT2D eigenvalue weighted by atomic mass is 10.3. The van der Waals surface area contributed by atoms with Gasteiger partial charge in [-0.05, 0) is 36.4 Å². The van der Waals surface area contributed by atoms with Gasteiger partial charge in [0.15, 0.2) is 5.69 Å². The first kappa shape index (κ1) is 15.2. The molecule has 0 radical (unpaired) electrons. The average Bonchev–Trinajstić information content (AvgIpc) is 2.56. The number of para-hydroxylation sites is 1. The number of aromatic nitrogens is 2. The predicted molar refractivity (Wildman–Crippen MR) is 89.2 cm³/mol. The molecule has 1 heterocycles. The molecular weight excluding hydrogens is 310 g/mol. The summed E-state index contributed by atoms with van der Waals surface area (Å²) in [5, 5.41) is 7.70. The van der Waals surface area contributed by atoms with E-state index in [9.17, 15) is 9.59 Å². The summed E-state index contributed by atoms with van der Waals surface area (Å²) in [6.07, 6.45) is 0. The van der Waals surface area contributed by atoms with Gasteiger partial charge in [0.2, 0.25) is 0 Å². The molecule has 8 nitrogen and oxygen atoms in total. The smallest absolute Gasteiger partial charge is 0.327 e. The van der Waals surface area contributed by atoms with Crippen molar-refractivity contribution in [3.05, 3.63) is 75.4 Å². The van der Waals surface area contributed by atoms with Crippen molar-refractivity contribution in [2.24, 2.45) is 10.2 Å². The summed E-state index contributed by atoms with van der Waals surface area (Å²) >= 11 is 0. The lowest BCUT2D eigenvalue weighted by Crippen LogP contribution is -2.23. The quantitative estimate of drug-likeness (QED) is 0.638. The molecule has 0 spiro atoms. The highest BCUT2D eigenvalue weighted by Gasteiger charge is 2.05. The Morgan fingerprint density at radius 1 is 0.833 bits per heavy atom. The molecule has 0 atom stereocenters. The number of H-pyrrole nitrogens is 2. The summed E-state index contributed by atoms with van der Waals surface area (Å²) in [6, 6.07) is 16.2. The van der Waals surface area contributed by atoms with Gasteiger partial charge in [0.05, 0.1) is 5.69 Å². The summed E-state index contributed by atoms with van der Waals surface area (Å²) in [6.45, 7) is 0. The minimum Gasteiger partial charge on any atom is -0.457 e. The highest BCUT2D eigenvalue weighted by Crippen LogP contribution is 2.24. The van der Waals surface area contributed by atoms with Crippen LogP contribution in [0.2, 0.25) is 0 Å². The third-order valence-electron chi connectivity index (χ3n) is 3.03. The monoisotopic (exact) mass is 323 g/mol. The van der Waals surface area contributed by atoms with E-state index in [0.29, 0.717) is 11.4 Å². The Labute approximate surface area is 135 Å². The van der Waals surface area contributed by atoms with Gasteiger partial charge in [0, 0.05) is 0 Å². The normalized spacial score (nSPS) is 10.8. The summed E-state index contributed by atoms with van der Waals surface area (Å²) in [5.41, 5.74) is 4.49. The standard InChI is InChI=1S/C16H13N5O3/c17-14-13(15(22)19-16(23)18-14)21-20-10-6-8-12(9-7-10)24-11-4-2-1-3-5-11/h1-9H,(H4,17,18,19,22,23). The number of hydrogen-bond donors (Lipinski definition) is 3. The van der Waals surface area contributed by atoms with Gasteiger partial charge in [-0.3, -0.25) is 14.8 Å². The molecule has 0 aliphatic carbocycles. The van der Waals surface area contributed by atoms with E-state index in [4.69, 9.17) is 10.5 Å². The van der Waals surface area contributed by atoms with Crippen LogP contribution in [0.4, 0.5) is 17.2 Å². The van der Waals surface area contributed by atoms with Crippen LogP contribution in [0.15, 0.2) is 74.4 Å². The molecule has 0 bridgehead atoms.